The highest BCUT2D eigenvalue weighted by molar-refractivity contribution is 8.01. The molecule has 11 heteroatoms. The highest BCUT2D eigenvalue weighted by Gasteiger charge is 2.23. The zero-order valence-corrected chi connectivity index (χ0v) is 22.6. The van der Waals surface area contributed by atoms with Crippen LogP contribution in [0.1, 0.15) is 22.3 Å². The van der Waals surface area contributed by atoms with Crippen molar-refractivity contribution in [3.63, 3.8) is 0 Å². The zero-order valence-electron chi connectivity index (χ0n) is 21.0. The Balaban J connectivity index is 1.49. The number of hydrogen-bond acceptors (Lipinski definition) is 10. The van der Waals surface area contributed by atoms with Gasteiger partial charge in [0.25, 0.3) is 0 Å². The van der Waals surface area contributed by atoms with E-state index in [4.69, 9.17) is 4.74 Å². The van der Waals surface area contributed by atoms with E-state index in [2.05, 4.69) is 25.7 Å². The van der Waals surface area contributed by atoms with Gasteiger partial charge < -0.3 is 9.64 Å². The molecule has 0 aliphatic carbocycles. The fraction of sp³-hybridized carbons (Fsp3) is 0.107. The minimum absolute atomic E-state index is 0.238. The Hall–Kier alpha value is -4.37. The predicted molar refractivity (Wildman–Crippen MR) is 152 cm³/mol. The predicted octanol–water partition coefficient (Wildman–Crippen LogP) is 6.50. The second-order valence-electron chi connectivity index (χ2n) is 8.62. The number of benzene rings is 2. The first-order valence-corrected chi connectivity index (χ1v) is 13.5. The number of aromatic nitrogens is 2. The average Bonchev–Trinajstić information content (AvgIpc) is 3.48. The summed E-state index contributed by atoms with van der Waals surface area (Å²) in [5, 5.41) is 22.8. The largest absolute Gasteiger partial charge is 0.458 e. The Morgan fingerprint density at radius 2 is 2.00 bits per heavy atom. The number of nitrogens with one attached hydrogen (secondary N) is 1. The summed E-state index contributed by atoms with van der Waals surface area (Å²) < 4.78 is 24.2. The van der Waals surface area contributed by atoms with Gasteiger partial charge in [-0.05, 0) is 42.8 Å². The molecular weight excluding hydrogens is 535 g/mol. The van der Waals surface area contributed by atoms with E-state index in [1.807, 2.05) is 48.8 Å². The number of pyridine rings is 1. The number of nitriles is 1. The molecule has 39 heavy (non-hydrogen) atoms. The van der Waals surface area contributed by atoms with E-state index in [1.54, 1.807) is 31.3 Å². The third kappa shape index (κ3) is 5.88. The number of likely N-dealkylation sites (N-methyl/N-ethyl adjacent to an activating group) is 1. The number of hydrogen-bond donors (Lipinski definition) is 2. The van der Waals surface area contributed by atoms with Gasteiger partial charge in [-0.2, -0.15) is 14.1 Å². The molecule has 0 bridgehead atoms. The van der Waals surface area contributed by atoms with E-state index >= 15 is 0 Å². The molecule has 8 nitrogen and oxygen atoms in total. The topological polar surface area (TPSA) is 97.5 Å². The molecule has 2 aromatic carbocycles. The number of rotatable bonds is 8. The van der Waals surface area contributed by atoms with E-state index in [1.165, 1.54) is 23.6 Å². The van der Waals surface area contributed by atoms with Crippen molar-refractivity contribution >= 4 is 45.6 Å². The van der Waals surface area contributed by atoms with Crippen LogP contribution in [0.25, 0.3) is 11.3 Å². The van der Waals surface area contributed by atoms with E-state index < -0.39 is 5.95 Å². The van der Waals surface area contributed by atoms with Gasteiger partial charge in [0.2, 0.25) is 5.95 Å². The lowest BCUT2D eigenvalue weighted by Gasteiger charge is -2.30. The zero-order chi connectivity index (χ0) is 27.4. The molecule has 0 saturated heterocycles. The lowest BCUT2D eigenvalue weighted by molar-refractivity contribution is 0.332. The summed E-state index contributed by atoms with van der Waals surface area (Å²) in [7, 11) is 1.96. The molecule has 5 rings (SSSR count). The van der Waals surface area contributed by atoms with Crippen LogP contribution in [0.3, 0.4) is 0 Å². The van der Waals surface area contributed by atoms with E-state index in [-0.39, 0.29) is 5.56 Å². The number of nitrogens with zero attached hydrogens (tertiary/aromatic N) is 5. The number of aryl methyl sites for hydroxylation is 1. The standard InChI is InChI=1S/C28H23FN6O2S2/c1-18-12-21(16-32-27(18)29)23-14-24(19-6-4-3-5-7-19)34(2)17-26(23)37-25-9-8-22(13-20(25)15-30)35(36)39-33-28-31-10-11-38-28/h3-14,16,36H,17H2,1-2H3,(H,31,33). The minimum atomic E-state index is -0.528. The van der Waals surface area contributed by atoms with Gasteiger partial charge in [0.1, 0.15) is 17.6 Å². The van der Waals surface area contributed by atoms with E-state index in [9.17, 15) is 14.9 Å². The second-order valence-corrected chi connectivity index (χ2v) is 10.2. The molecular formula is C28H23FN6O2S2. The summed E-state index contributed by atoms with van der Waals surface area (Å²) >= 11 is 2.32. The van der Waals surface area contributed by atoms with Crippen molar-refractivity contribution < 1.29 is 14.3 Å². The van der Waals surface area contributed by atoms with Crippen LogP contribution in [0.4, 0.5) is 15.2 Å². The Labute approximate surface area is 233 Å². The van der Waals surface area contributed by atoms with Crippen LogP contribution in [0.5, 0.6) is 5.75 Å². The maximum absolute atomic E-state index is 14.0. The molecule has 0 fully saturated rings. The smallest absolute Gasteiger partial charge is 0.215 e. The average molecular weight is 559 g/mol. The lowest BCUT2D eigenvalue weighted by atomic mass is 9.97. The molecule has 1 aliphatic rings. The quantitative estimate of drug-likeness (QED) is 0.143. The van der Waals surface area contributed by atoms with Gasteiger partial charge in [-0.25, -0.2) is 9.97 Å². The van der Waals surface area contributed by atoms with Gasteiger partial charge in [-0.1, -0.05) is 30.3 Å². The molecule has 0 amide bonds. The van der Waals surface area contributed by atoms with Crippen molar-refractivity contribution in [2.45, 2.75) is 6.92 Å². The molecule has 0 atom stereocenters. The van der Waals surface area contributed by atoms with E-state index in [0.717, 1.165) is 33.4 Å². The third-order valence-corrected chi connectivity index (χ3v) is 7.44. The first-order valence-electron chi connectivity index (χ1n) is 11.8. The molecule has 0 radical (unpaired) electrons. The Kier molecular flexibility index (Phi) is 7.79. The van der Waals surface area contributed by atoms with Crippen LogP contribution in [0.2, 0.25) is 0 Å². The summed E-state index contributed by atoms with van der Waals surface area (Å²) in [5.74, 6) is 0.381. The summed E-state index contributed by atoms with van der Waals surface area (Å²) in [6.45, 7) is 2.07. The number of thiazole rings is 1. The lowest BCUT2D eigenvalue weighted by Crippen LogP contribution is -2.26. The van der Waals surface area contributed by atoms with Gasteiger partial charge in [-0.15, -0.1) is 11.3 Å². The van der Waals surface area contributed by atoms with Gasteiger partial charge in [0.15, 0.2) is 5.13 Å². The fourth-order valence-corrected chi connectivity index (χ4v) is 5.13. The minimum Gasteiger partial charge on any atom is -0.458 e. The van der Waals surface area contributed by atoms with Crippen molar-refractivity contribution in [2.24, 2.45) is 0 Å². The van der Waals surface area contributed by atoms with Crippen LogP contribution < -0.4 is 13.9 Å². The van der Waals surface area contributed by atoms with Gasteiger partial charge in [0, 0.05) is 47.2 Å². The summed E-state index contributed by atoms with van der Waals surface area (Å²) in [4.78, 5) is 10.1. The summed E-state index contributed by atoms with van der Waals surface area (Å²) in [5.41, 5.74) is 4.47. The molecule has 1 aliphatic heterocycles. The normalized spacial score (nSPS) is 13.1. The second kappa shape index (κ2) is 11.6. The molecule has 0 unspecified atom stereocenters. The third-order valence-electron chi connectivity index (χ3n) is 5.96. The molecule has 196 valence electrons. The highest BCUT2D eigenvalue weighted by Crippen LogP contribution is 2.35. The molecule has 2 N–H and O–H groups in total. The fourth-order valence-electron chi connectivity index (χ4n) is 4.02. The Morgan fingerprint density at radius 1 is 1.18 bits per heavy atom. The SMILES string of the molecule is Cc1cc(C2=C(Oc3ccc(N(O)SNc4nccs4)cc3C#N)CN(C)C(c3ccccc3)=C2)cnc1F. The number of anilines is 2. The van der Waals surface area contributed by atoms with Crippen LogP contribution >= 0.6 is 23.5 Å². The first kappa shape index (κ1) is 26.2. The molecule has 0 spiro atoms. The molecule has 0 saturated carbocycles. The first-order chi connectivity index (χ1) is 18.9. The van der Waals surface area contributed by atoms with Crippen molar-refractivity contribution in [3.8, 4) is 11.8 Å². The van der Waals surface area contributed by atoms with Crippen molar-refractivity contribution in [3.05, 3.63) is 112 Å². The highest BCUT2D eigenvalue weighted by atomic mass is 32.2. The van der Waals surface area contributed by atoms with Crippen LogP contribution in [-0.2, 0) is 0 Å². The Morgan fingerprint density at radius 3 is 2.72 bits per heavy atom. The van der Waals surface area contributed by atoms with Crippen LogP contribution in [0.15, 0.2) is 84.2 Å². The van der Waals surface area contributed by atoms with Gasteiger partial charge in [0.05, 0.1) is 29.9 Å². The maximum Gasteiger partial charge on any atom is 0.215 e. The van der Waals surface area contributed by atoms with Crippen molar-refractivity contribution in [1.29, 1.82) is 5.26 Å². The number of halogens is 1. The van der Waals surface area contributed by atoms with Crippen molar-refractivity contribution in [1.82, 2.24) is 14.9 Å². The summed E-state index contributed by atoms with van der Waals surface area (Å²) in [6, 6.07) is 18.6. The van der Waals surface area contributed by atoms with Gasteiger partial charge >= 0.3 is 0 Å². The van der Waals surface area contributed by atoms with E-state index in [0.29, 0.717) is 40.0 Å². The van der Waals surface area contributed by atoms with Crippen LogP contribution in [-0.4, -0.2) is 33.7 Å². The number of allylic oxidation sites excluding steroid dienone is 2. The number of ether oxygens (including phenoxy) is 1. The molecule has 2 aromatic heterocycles. The molecule has 3 heterocycles. The van der Waals surface area contributed by atoms with Crippen molar-refractivity contribution in [2.75, 3.05) is 22.8 Å². The van der Waals surface area contributed by atoms with Crippen LogP contribution in [0, 0.1) is 24.2 Å². The van der Waals surface area contributed by atoms with Gasteiger partial charge in [-0.3, -0.25) is 9.93 Å². The Bertz CT molecular complexity index is 1590. The maximum atomic E-state index is 14.0. The molecule has 4 aromatic rings. The summed E-state index contributed by atoms with van der Waals surface area (Å²) in [6.07, 6.45) is 5.12. The monoisotopic (exact) mass is 558 g/mol.